The monoisotopic (exact) mass is 272 g/mol. The minimum Gasteiger partial charge on any atom is -0.438 e. The van der Waals surface area contributed by atoms with E-state index in [2.05, 4.69) is 28.3 Å². The van der Waals surface area contributed by atoms with Gasteiger partial charge in [-0.3, -0.25) is 0 Å². The van der Waals surface area contributed by atoms with Gasteiger partial charge < -0.3 is 15.8 Å². The van der Waals surface area contributed by atoms with E-state index in [9.17, 15) is 0 Å². The smallest absolute Gasteiger partial charge is 0.226 e. The Morgan fingerprint density at radius 2 is 1.90 bits per heavy atom. The van der Waals surface area contributed by atoms with Crippen molar-refractivity contribution < 1.29 is 4.74 Å². The summed E-state index contributed by atoms with van der Waals surface area (Å²) in [5.41, 5.74) is 9.13. The SMILES string of the molecule is CCNc1cc(Oc2cc(C)cc(C)c2C)nc(N)n1. The van der Waals surface area contributed by atoms with E-state index in [1.807, 2.05) is 26.8 Å². The standard InChI is InChI=1S/C15H20N4O/c1-5-17-13-8-14(19-15(16)18-13)20-12-7-9(2)6-10(3)11(12)4/h6-8H,5H2,1-4H3,(H3,16,17,18,19). The Labute approximate surface area is 119 Å². The number of hydrogen-bond donors (Lipinski definition) is 2. The van der Waals surface area contributed by atoms with Crippen LogP contribution < -0.4 is 15.8 Å². The fourth-order valence-electron chi connectivity index (χ4n) is 1.99. The van der Waals surface area contributed by atoms with Crippen LogP contribution in [0.25, 0.3) is 0 Å². The van der Waals surface area contributed by atoms with E-state index in [0.717, 1.165) is 23.4 Å². The van der Waals surface area contributed by atoms with Crippen LogP contribution in [0, 0.1) is 20.8 Å². The molecule has 5 heteroatoms. The molecule has 0 spiro atoms. The van der Waals surface area contributed by atoms with Crippen molar-refractivity contribution in [1.82, 2.24) is 9.97 Å². The van der Waals surface area contributed by atoms with Crippen molar-refractivity contribution in [2.24, 2.45) is 0 Å². The van der Waals surface area contributed by atoms with Crippen LogP contribution in [0.15, 0.2) is 18.2 Å². The van der Waals surface area contributed by atoms with Gasteiger partial charge in [0.2, 0.25) is 11.8 Å². The molecule has 1 heterocycles. The van der Waals surface area contributed by atoms with Gasteiger partial charge in [0, 0.05) is 12.6 Å². The zero-order valence-corrected chi connectivity index (χ0v) is 12.3. The van der Waals surface area contributed by atoms with Crippen LogP contribution in [-0.2, 0) is 0 Å². The molecule has 0 bridgehead atoms. The number of nitrogens with two attached hydrogens (primary N) is 1. The number of aryl methyl sites for hydroxylation is 2. The lowest BCUT2D eigenvalue weighted by molar-refractivity contribution is 0.458. The molecule has 106 valence electrons. The van der Waals surface area contributed by atoms with Crippen molar-refractivity contribution in [3.05, 3.63) is 34.9 Å². The van der Waals surface area contributed by atoms with E-state index in [4.69, 9.17) is 10.5 Å². The predicted octanol–water partition coefficient (Wildman–Crippen LogP) is 3.21. The molecule has 1 aromatic heterocycles. The van der Waals surface area contributed by atoms with Gasteiger partial charge in [-0.2, -0.15) is 9.97 Å². The van der Waals surface area contributed by atoms with E-state index in [1.165, 1.54) is 5.56 Å². The van der Waals surface area contributed by atoms with E-state index in [0.29, 0.717) is 11.7 Å². The van der Waals surface area contributed by atoms with Gasteiger partial charge in [0.05, 0.1) is 0 Å². The third-order valence-corrected chi connectivity index (χ3v) is 3.06. The third kappa shape index (κ3) is 3.17. The highest BCUT2D eigenvalue weighted by Gasteiger charge is 2.08. The number of rotatable bonds is 4. The number of ether oxygens (including phenoxy) is 1. The van der Waals surface area contributed by atoms with E-state index < -0.39 is 0 Å². The molecule has 2 aromatic rings. The van der Waals surface area contributed by atoms with Crippen molar-refractivity contribution in [3.63, 3.8) is 0 Å². The minimum atomic E-state index is 0.195. The zero-order chi connectivity index (χ0) is 14.7. The van der Waals surface area contributed by atoms with Crippen LogP contribution in [0.4, 0.5) is 11.8 Å². The molecule has 1 aromatic carbocycles. The molecule has 5 nitrogen and oxygen atoms in total. The molecular weight excluding hydrogens is 252 g/mol. The van der Waals surface area contributed by atoms with Crippen molar-refractivity contribution in [2.45, 2.75) is 27.7 Å². The first-order chi connectivity index (χ1) is 9.49. The summed E-state index contributed by atoms with van der Waals surface area (Å²) in [5.74, 6) is 2.10. The summed E-state index contributed by atoms with van der Waals surface area (Å²) in [6.45, 7) is 8.89. The number of aromatic nitrogens is 2. The number of nitrogen functional groups attached to an aromatic ring is 1. The highest BCUT2D eigenvalue weighted by molar-refractivity contribution is 5.47. The molecule has 0 amide bonds. The van der Waals surface area contributed by atoms with Crippen LogP contribution in [-0.4, -0.2) is 16.5 Å². The van der Waals surface area contributed by atoms with Gasteiger partial charge >= 0.3 is 0 Å². The molecule has 0 fully saturated rings. The predicted molar refractivity (Wildman–Crippen MR) is 81.3 cm³/mol. The Kier molecular flexibility index (Phi) is 4.08. The lowest BCUT2D eigenvalue weighted by Crippen LogP contribution is -2.04. The first-order valence-electron chi connectivity index (χ1n) is 6.63. The van der Waals surface area contributed by atoms with Gasteiger partial charge in [0.15, 0.2) is 0 Å². The molecular formula is C15H20N4O. The number of hydrogen-bond acceptors (Lipinski definition) is 5. The van der Waals surface area contributed by atoms with Crippen molar-refractivity contribution in [2.75, 3.05) is 17.6 Å². The van der Waals surface area contributed by atoms with E-state index in [-0.39, 0.29) is 5.95 Å². The average molecular weight is 272 g/mol. The number of anilines is 2. The second-order valence-corrected chi connectivity index (χ2v) is 4.79. The number of nitrogens with one attached hydrogen (secondary N) is 1. The van der Waals surface area contributed by atoms with Gasteiger partial charge in [0.25, 0.3) is 0 Å². The zero-order valence-electron chi connectivity index (χ0n) is 12.3. The second-order valence-electron chi connectivity index (χ2n) is 4.79. The van der Waals surface area contributed by atoms with Crippen molar-refractivity contribution in [1.29, 1.82) is 0 Å². The minimum absolute atomic E-state index is 0.195. The Morgan fingerprint density at radius 1 is 1.15 bits per heavy atom. The number of benzene rings is 1. The van der Waals surface area contributed by atoms with E-state index >= 15 is 0 Å². The van der Waals surface area contributed by atoms with Crippen LogP contribution in [0.1, 0.15) is 23.6 Å². The average Bonchev–Trinajstić information content (AvgIpc) is 2.35. The maximum atomic E-state index is 5.87. The molecule has 2 rings (SSSR count). The maximum absolute atomic E-state index is 5.87. The van der Waals surface area contributed by atoms with Crippen molar-refractivity contribution in [3.8, 4) is 11.6 Å². The molecule has 3 N–H and O–H groups in total. The van der Waals surface area contributed by atoms with Crippen molar-refractivity contribution >= 4 is 11.8 Å². The fourth-order valence-corrected chi connectivity index (χ4v) is 1.99. The van der Waals surface area contributed by atoms with Gasteiger partial charge in [-0.15, -0.1) is 0 Å². The third-order valence-electron chi connectivity index (χ3n) is 3.06. The summed E-state index contributed by atoms with van der Waals surface area (Å²) < 4.78 is 5.87. The number of nitrogens with zero attached hydrogens (tertiary/aromatic N) is 2. The molecule has 0 aliphatic carbocycles. The summed E-state index contributed by atoms with van der Waals surface area (Å²) in [6.07, 6.45) is 0. The summed E-state index contributed by atoms with van der Waals surface area (Å²) >= 11 is 0. The Morgan fingerprint density at radius 3 is 2.60 bits per heavy atom. The molecule has 0 aliphatic rings. The van der Waals surface area contributed by atoms with Crippen LogP contribution in [0.2, 0.25) is 0 Å². The Balaban J connectivity index is 2.34. The molecule has 0 saturated carbocycles. The van der Waals surface area contributed by atoms with Gasteiger partial charge in [-0.05, 0) is 50.5 Å². The largest absolute Gasteiger partial charge is 0.438 e. The first-order valence-corrected chi connectivity index (χ1v) is 6.63. The van der Waals surface area contributed by atoms with E-state index in [1.54, 1.807) is 6.07 Å². The lowest BCUT2D eigenvalue weighted by atomic mass is 10.1. The molecule has 0 radical (unpaired) electrons. The molecule has 20 heavy (non-hydrogen) atoms. The Hall–Kier alpha value is -2.30. The fraction of sp³-hybridized carbons (Fsp3) is 0.333. The van der Waals surface area contributed by atoms with Crippen LogP contribution in [0.3, 0.4) is 0 Å². The quantitative estimate of drug-likeness (QED) is 0.894. The molecule has 0 unspecified atom stereocenters. The maximum Gasteiger partial charge on any atom is 0.226 e. The normalized spacial score (nSPS) is 10.4. The van der Waals surface area contributed by atoms with Gasteiger partial charge in [-0.25, -0.2) is 0 Å². The lowest BCUT2D eigenvalue weighted by Gasteiger charge is -2.12. The summed E-state index contributed by atoms with van der Waals surface area (Å²) in [6, 6.07) is 5.87. The summed E-state index contributed by atoms with van der Waals surface area (Å²) in [4.78, 5) is 8.21. The topological polar surface area (TPSA) is 73.1 Å². The second kappa shape index (κ2) is 5.77. The molecule has 0 aliphatic heterocycles. The molecule has 0 saturated heterocycles. The highest BCUT2D eigenvalue weighted by Crippen LogP contribution is 2.28. The van der Waals surface area contributed by atoms with Gasteiger partial charge in [-0.1, -0.05) is 6.07 Å². The van der Waals surface area contributed by atoms with Crippen LogP contribution in [0.5, 0.6) is 11.6 Å². The highest BCUT2D eigenvalue weighted by atomic mass is 16.5. The summed E-state index contributed by atoms with van der Waals surface area (Å²) in [7, 11) is 0. The first kappa shape index (κ1) is 14.1. The van der Waals surface area contributed by atoms with Gasteiger partial charge in [0.1, 0.15) is 11.6 Å². The molecule has 0 atom stereocenters. The van der Waals surface area contributed by atoms with Crippen LogP contribution >= 0.6 is 0 Å². The Bertz CT molecular complexity index is 626. The summed E-state index contributed by atoms with van der Waals surface area (Å²) in [5, 5.41) is 3.10.